The predicted molar refractivity (Wildman–Crippen MR) is 112 cm³/mol. The number of H-pyrrole nitrogens is 1. The highest BCUT2D eigenvalue weighted by Gasteiger charge is 2.11. The molecule has 5 nitrogen and oxygen atoms in total. The zero-order valence-corrected chi connectivity index (χ0v) is 15.5. The van der Waals surface area contributed by atoms with Crippen LogP contribution in [-0.2, 0) is 0 Å². The van der Waals surface area contributed by atoms with Crippen molar-refractivity contribution in [1.82, 2.24) is 15.6 Å². The third kappa shape index (κ3) is 3.69. The lowest BCUT2D eigenvalue weighted by atomic mass is 10.1. The van der Waals surface area contributed by atoms with E-state index in [1.54, 1.807) is 6.07 Å². The van der Waals surface area contributed by atoms with Crippen LogP contribution in [0.3, 0.4) is 0 Å². The molecule has 28 heavy (non-hydrogen) atoms. The van der Waals surface area contributed by atoms with Crippen molar-refractivity contribution in [2.45, 2.75) is 13.3 Å². The second-order valence-corrected chi connectivity index (χ2v) is 6.45. The van der Waals surface area contributed by atoms with Crippen LogP contribution >= 0.6 is 0 Å². The molecule has 0 aliphatic heterocycles. The van der Waals surface area contributed by atoms with E-state index in [2.05, 4.69) is 45.0 Å². The molecule has 1 aromatic heterocycles. The van der Waals surface area contributed by atoms with Crippen LogP contribution in [0.5, 0.6) is 0 Å². The van der Waals surface area contributed by atoms with Gasteiger partial charge in [0.05, 0.1) is 11.4 Å². The molecule has 0 bridgehead atoms. The summed E-state index contributed by atoms with van der Waals surface area (Å²) in [6.07, 6.45) is 0.718. The van der Waals surface area contributed by atoms with E-state index < -0.39 is 0 Å². The van der Waals surface area contributed by atoms with Crippen LogP contribution in [0.4, 0.5) is 0 Å². The van der Waals surface area contributed by atoms with E-state index >= 15 is 0 Å². The molecule has 4 aromatic rings. The Morgan fingerprint density at radius 2 is 1.71 bits per heavy atom. The van der Waals surface area contributed by atoms with Gasteiger partial charge in [0.2, 0.25) is 0 Å². The molecule has 0 saturated carbocycles. The highest BCUT2D eigenvalue weighted by atomic mass is 16.2. The van der Waals surface area contributed by atoms with Gasteiger partial charge in [0, 0.05) is 5.56 Å². The first-order chi connectivity index (χ1) is 13.7. The fourth-order valence-corrected chi connectivity index (χ4v) is 3.09. The second kappa shape index (κ2) is 7.88. The van der Waals surface area contributed by atoms with Gasteiger partial charge >= 0.3 is 0 Å². The van der Waals surface area contributed by atoms with E-state index in [-0.39, 0.29) is 5.91 Å². The van der Waals surface area contributed by atoms with E-state index in [0.717, 1.165) is 34.3 Å². The third-order valence-corrected chi connectivity index (χ3v) is 4.60. The molecule has 2 N–H and O–H groups in total. The van der Waals surface area contributed by atoms with Gasteiger partial charge in [-0.05, 0) is 34.9 Å². The average molecular weight is 368 g/mol. The SMILES string of the molecule is CCC(=NNC(=O)c1cc(-c2ccc3ccccc3c2)n[nH]1)c1ccccc1. The van der Waals surface area contributed by atoms with Crippen LogP contribution in [0.1, 0.15) is 29.4 Å². The van der Waals surface area contributed by atoms with E-state index in [1.807, 2.05) is 55.5 Å². The number of carbonyl (C=O) groups excluding carboxylic acids is 1. The topological polar surface area (TPSA) is 70.1 Å². The number of carbonyl (C=O) groups is 1. The van der Waals surface area contributed by atoms with Gasteiger partial charge in [-0.3, -0.25) is 9.89 Å². The molecule has 1 heterocycles. The van der Waals surface area contributed by atoms with Gasteiger partial charge in [0.1, 0.15) is 5.69 Å². The van der Waals surface area contributed by atoms with Crippen LogP contribution in [0.2, 0.25) is 0 Å². The molecule has 3 aromatic carbocycles. The Bertz CT molecular complexity index is 1150. The van der Waals surface area contributed by atoms with Crippen LogP contribution < -0.4 is 5.43 Å². The quantitative estimate of drug-likeness (QED) is 0.393. The molecule has 0 unspecified atom stereocenters. The number of nitrogens with zero attached hydrogens (tertiary/aromatic N) is 2. The summed E-state index contributed by atoms with van der Waals surface area (Å²) >= 11 is 0. The summed E-state index contributed by atoms with van der Waals surface area (Å²) in [6.45, 7) is 2.01. The van der Waals surface area contributed by atoms with Gasteiger partial charge in [-0.1, -0.05) is 73.7 Å². The van der Waals surface area contributed by atoms with Crippen LogP contribution in [0.15, 0.2) is 84.0 Å². The van der Waals surface area contributed by atoms with Gasteiger partial charge in [-0.25, -0.2) is 5.43 Å². The van der Waals surface area contributed by atoms with Crippen molar-refractivity contribution in [2.75, 3.05) is 0 Å². The van der Waals surface area contributed by atoms with Gasteiger partial charge in [0.25, 0.3) is 5.91 Å². The number of aromatic amines is 1. The zero-order valence-electron chi connectivity index (χ0n) is 15.5. The van der Waals surface area contributed by atoms with Crippen molar-refractivity contribution in [2.24, 2.45) is 5.10 Å². The number of aromatic nitrogens is 2. The maximum atomic E-state index is 12.5. The molecule has 4 rings (SSSR count). The first-order valence-corrected chi connectivity index (χ1v) is 9.21. The number of rotatable bonds is 5. The predicted octanol–water partition coefficient (Wildman–Crippen LogP) is 4.77. The molecule has 0 saturated heterocycles. The molecular weight excluding hydrogens is 348 g/mol. The summed E-state index contributed by atoms with van der Waals surface area (Å²) in [5.41, 5.74) is 6.48. The number of nitrogens with one attached hydrogen (secondary N) is 2. The lowest BCUT2D eigenvalue weighted by Gasteiger charge is -2.04. The Hall–Kier alpha value is -3.73. The van der Waals surface area contributed by atoms with Crippen molar-refractivity contribution in [3.63, 3.8) is 0 Å². The van der Waals surface area contributed by atoms with Gasteiger partial charge < -0.3 is 0 Å². The third-order valence-electron chi connectivity index (χ3n) is 4.60. The molecule has 0 aliphatic carbocycles. The highest BCUT2D eigenvalue weighted by Crippen LogP contribution is 2.23. The normalized spacial score (nSPS) is 11.5. The Balaban J connectivity index is 1.53. The molecule has 1 amide bonds. The molecule has 138 valence electrons. The van der Waals surface area contributed by atoms with E-state index in [1.165, 1.54) is 5.39 Å². The summed E-state index contributed by atoms with van der Waals surface area (Å²) in [6, 6.07) is 25.8. The summed E-state index contributed by atoms with van der Waals surface area (Å²) in [5.74, 6) is -0.318. The maximum absolute atomic E-state index is 12.5. The summed E-state index contributed by atoms with van der Waals surface area (Å²) in [4.78, 5) is 12.5. The Kier molecular flexibility index (Phi) is 4.97. The van der Waals surface area contributed by atoms with Crippen molar-refractivity contribution < 1.29 is 4.79 Å². The Morgan fingerprint density at radius 3 is 2.50 bits per heavy atom. The van der Waals surface area contributed by atoms with Crippen LogP contribution in [-0.4, -0.2) is 21.8 Å². The molecule has 0 spiro atoms. The fraction of sp³-hybridized carbons (Fsp3) is 0.0870. The first kappa shape index (κ1) is 17.7. The molecule has 0 aliphatic rings. The van der Waals surface area contributed by atoms with Crippen molar-refractivity contribution in [3.05, 3.63) is 90.1 Å². The zero-order chi connectivity index (χ0) is 19.3. The Labute approximate surface area is 163 Å². The van der Waals surface area contributed by atoms with Crippen LogP contribution in [0, 0.1) is 0 Å². The average Bonchev–Trinajstić information content (AvgIpc) is 3.25. The van der Waals surface area contributed by atoms with E-state index in [9.17, 15) is 4.79 Å². The minimum Gasteiger partial charge on any atom is -0.272 e. The largest absolute Gasteiger partial charge is 0.289 e. The molecule has 0 fully saturated rings. The number of fused-ring (bicyclic) bond motifs is 1. The fourth-order valence-electron chi connectivity index (χ4n) is 3.09. The van der Waals surface area contributed by atoms with Crippen LogP contribution in [0.25, 0.3) is 22.0 Å². The van der Waals surface area contributed by atoms with Gasteiger partial charge in [-0.15, -0.1) is 0 Å². The van der Waals surface area contributed by atoms with Crippen molar-refractivity contribution >= 4 is 22.4 Å². The highest BCUT2D eigenvalue weighted by molar-refractivity contribution is 6.02. The van der Waals surface area contributed by atoms with E-state index in [0.29, 0.717) is 5.69 Å². The monoisotopic (exact) mass is 368 g/mol. The Morgan fingerprint density at radius 1 is 0.964 bits per heavy atom. The minimum absolute atomic E-state index is 0.318. The van der Waals surface area contributed by atoms with Gasteiger partial charge in [0.15, 0.2) is 0 Å². The molecule has 0 atom stereocenters. The molecular formula is C23H20N4O. The summed E-state index contributed by atoms with van der Waals surface area (Å²) < 4.78 is 0. The minimum atomic E-state index is -0.318. The van der Waals surface area contributed by atoms with Crippen molar-refractivity contribution in [3.8, 4) is 11.3 Å². The second-order valence-electron chi connectivity index (χ2n) is 6.45. The first-order valence-electron chi connectivity index (χ1n) is 9.21. The number of hydrogen-bond acceptors (Lipinski definition) is 3. The van der Waals surface area contributed by atoms with Crippen molar-refractivity contribution in [1.29, 1.82) is 0 Å². The summed E-state index contributed by atoms with van der Waals surface area (Å²) in [7, 11) is 0. The molecule has 0 radical (unpaired) electrons. The smallest absolute Gasteiger partial charge is 0.272 e. The molecule has 5 heteroatoms. The standard InChI is InChI=1S/C23H20N4O/c1-2-20(17-9-4-3-5-10-17)24-27-23(28)22-15-21(25-26-22)19-13-12-16-8-6-7-11-18(16)14-19/h3-15H,2H2,1H3,(H,25,26)(H,27,28). The number of amides is 1. The lowest BCUT2D eigenvalue weighted by molar-refractivity contribution is 0.0950. The van der Waals surface area contributed by atoms with E-state index in [4.69, 9.17) is 0 Å². The number of hydrogen-bond donors (Lipinski definition) is 2. The lowest BCUT2D eigenvalue weighted by Crippen LogP contribution is -2.20. The number of hydrazone groups is 1. The number of benzene rings is 3. The van der Waals surface area contributed by atoms with Gasteiger partial charge in [-0.2, -0.15) is 10.2 Å². The summed E-state index contributed by atoms with van der Waals surface area (Å²) in [5, 5.41) is 13.7. The maximum Gasteiger partial charge on any atom is 0.289 e.